The van der Waals surface area contributed by atoms with E-state index in [1.807, 2.05) is 0 Å². The Bertz CT molecular complexity index is 202. The average molecular weight is 234 g/mol. The fraction of sp³-hybridized carbons (Fsp3) is 0.857. The summed E-state index contributed by atoms with van der Waals surface area (Å²) in [4.78, 5) is 10.4. The lowest BCUT2D eigenvalue weighted by Gasteiger charge is -2.28. The summed E-state index contributed by atoms with van der Waals surface area (Å²) in [5, 5.41) is 10.7. The van der Waals surface area contributed by atoms with E-state index in [1.165, 1.54) is 0 Å². The fourth-order valence-corrected chi connectivity index (χ4v) is 1.35. The lowest BCUT2D eigenvalue weighted by molar-refractivity contribution is -0.166. The summed E-state index contributed by atoms with van der Waals surface area (Å²) in [6, 6.07) is -1.54. The Morgan fingerprint density at radius 1 is 1.36 bits per heavy atom. The van der Waals surface area contributed by atoms with Gasteiger partial charge in [0.2, 0.25) is 0 Å². The second kappa shape index (κ2) is 4.84. The first-order valence-electron chi connectivity index (χ1n) is 3.94. The molecule has 1 aliphatic heterocycles. The van der Waals surface area contributed by atoms with Gasteiger partial charge in [-0.3, -0.25) is 4.79 Å². The molecule has 7 heteroatoms. The minimum atomic E-state index is -4.26. The highest BCUT2D eigenvalue weighted by molar-refractivity contribution is 5.85. The van der Waals surface area contributed by atoms with E-state index in [4.69, 9.17) is 5.11 Å². The van der Waals surface area contributed by atoms with Crippen LogP contribution in [0, 0.1) is 5.92 Å². The lowest BCUT2D eigenvalue weighted by Crippen LogP contribution is -2.49. The predicted octanol–water partition coefficient (Wildman–Crippen LogP) is 1.42. The summed E-state index contributed by atoms with van der Waals surface area (Å²) in [6.07, 6.45) is -4.32. The Balaban J connectivity index is 0.00000169. The number of hydrogen-bond acceptors (Lipinski definition) is 2. The molecule has 2 atom stereocenters. The standard InChI is InChI=1S/C7H10F3NO2.ClH/c8-7(9,10)5-2-1-4(3-11-5)6(12)13;/h4-5,11H,1-3H2,(H,12,13);1H/t4-,5-;/m1./s1. The van der Waals surface area contributed by atoms with Gasteiger partial charge in [0, 0.05) is 6.54 Å². The van der Waals surface area contributed by atoms with E-state index in [1.54, 1.807) is 0 Å². The summed E-state index contributed by atoms with van der Waals surface area (Å²) in [7, 11) is 0. The molecule has 0 radical (unpaired) electrons. The molecule has 3 nitrogen and oxygen atoms in total. The van der Waals surface area contributed by atoms with Crippen molar-refractivity contribution in [3.05, 3.63) is 0 Å². The van der Waals surface area contributed by atoms with Crippen LogP contribution in [-0.4, -0.2) is 29.8 Å². The van der Waals surface area contributed by atoms with Crippen molar-refractivity contribution in [3.63, 3.8) is 0 Å². The predicted molar refractivity (Wildman–Crippen MR) is 45.5 cm³/mol. The summed E-state index contributed by atoms with van der Waals surface area (Å²) in [5.74, 6) is -1.72. The highest BCUT2D eigenvalue weighted by atomic mass is 35.5. The van der Waals surface area contributed by atoms with Crippen molar-refractivity contribution in [2.75, 3.05) is 6.54 Å². The molecule has 0 aromatic rings. The molecule has 0 bridgehead atoms. The Labute approximate surface area is 85.1 Å². The van der Waals surface area contributed by atoms with Gasteiger partial charge in [-0.15, -0.1) is 12.4 Å². The monoisotopic (exact) mass is 233 g/mol. The molecule has 0 aliphatic carbocycles. The van der Waals surface area contributed by atoms with Gasteiger partial charge in [-0.2, -0.15) is 13.2 Å². The third kappa shape index (κ3) is 3.34. The van der Waals surface area contributed by atoms with E-state index in [-0.39, 0.29) is 31.8 Å². The molecule has 1 aliphatic rings. The van der Waals surface area contributed by atoms with Crippen LogP contribution in [0.5, 0.6) is 0 Å². The number of halogens is 4. The number of carbonyl (C=O) groups is 1. The number of piperidine rings is 1. The van der Waals surface area contributed by atoms with Crippen molar-refractivity contribution >= 4 is 18.4 Å². The van der Waals surface area contributed by atoms with E-state index >= 15 is 0 Å². The van der Waals surface area contributed by atoms with Gasteiger partial charge >= 0.3 is 12.1 Å². The number of alkyl halides is 3. The number of hydrogen-bond donors (Lipinski definition) is 2. The first-order chi connectivity index (χ1) is 5.91. The molecule has 0 aromatic carbocycles. The third-order valence-electron chi connectivity index (χ3n) is 2.16. The Morgan fingerprint density at radius 3 is 2.21 bits per heavy atom. The van der Waals surface area contributed by atoms with Crippen LogP contribution in [0.15, 0.2) is 0 Å². The Hall–Kier alpha value is -0.490. The van der Waals surface area contributed by atoms with E-state index < -0.39 is 24.1 Å². The number of carboxylic acid groups (broad SMARTS) is 1. The van der Waals surface area contributed by atoms with Crippen LogP contribution in [0.3, 0.4) is 0 Å². The molecule has 14 heavy (non-hydrogen) atoms. The van der Waals surface area contributed by atoms with Crippen LogP contribution in [0.4, 0.5) is 13.2 Å². The molecule has 1 heterocycles. The highest BCUT2D eigenvalue weighted by Crippen LogP contribution is 2.27. The summed E-state index contributed by atoms with van der Waals surface area (Å²) in [5.41, 5.74) is 0. The Kier molecular flexibility index (Phi) is 4.67. The normalized spacial score (nSPS) is 27.9. The number of nitrogens with one attached hydrogen (secondary N) is 1. The quantitative estimate of drug-likeness (QED) is 0.720. The molecule has 1 saturated heterocycles. The molecule has 0 amide bonds. The number of aliphatic carboxylic acids is 1. The topological polar surface area (TPSA) is 49.3 Å². The van der Waals surface area contributed by atoms with Gasteiger partial charge in [0.15, 0.2) is 0 Å². The van der Waals surface area contributed by atoms with Crippen molar-refractivity contribution in [3.8, 4) is 0 Å². The minimum absolute atomic E-state index is 0. The summed E-state index contributed by atoms with van der Waals surface area (Å²) >= 11 is 0. The van der Waals surface area contributed by atoms with Crippen LogP contribution < -0.4 is 5.32 Å². The van der Waals surface area contributed by atoms with Crippen LogP contribution in [0.25, 0.3) is 0 Å². The molecule has 0 unspecified atom stereocenters. The van der Waals surface area contributed by atoms with E-state index in [9.17, 15) is 18.0 Å². The zero-order valence-corrected chi connectivity index (χ0v) is 7.99. The van der Waals surface area contributed by atoms with Crippen molar-refractivity contribution in [1.82, 2.24) is 5.32 Å². The van der Waals surface area contributed by atoms with Gasteiger partial charge < -0.3 is 10.4 Å². The largest absolute Gasteiger partial charge is 0.481 e. The van der Waals surface area contributed by atoms with Crippen molar-refractivity contribution in [2.24, 2.45) is 5.92 Å². The first kappa shape index (κ1) is 13.5. The van der Waals surface area contributed by atoms with Crippen LogP contribution in [-0.2, 0) is 4.79 Å². The maximum absolute atomic E-state index is 12.1. The van der Waals surface area contributed by atoms with Gasteiger partial charge in [0.05, 0.1) is 5.92 Å². The molecule has 2 N–H and O–H groups in total. The molecule has 0 saturated carbocycles. The first-order valence-corrected chi connectivity index (χ1v) is 3.94. The van der Waals surface area contributed by atoms with Crippen molar-refractivity contribution < 1.29 is 23.1 Å². The van der Waals surface area contributed by atoms with Gasteiger partial charge in [-0.25, -0.2) is 0 Å². The van der Waals surface area contributed by atoms with Gasteiger partial charge in [-0.1, -0.05) is 0 Å². The number of carboxylic acids is 1. The molecule has 1 rings (SSSR count). The van der Waals surface area contributed by atoms with Crippen molar-refractivity contribution in [1.29, 1.82) is 0 Å². The van der Waals surface area contributed by atoms with Gasteiger partial charge in [-0.05, 0) is 12.8 Å². The lowest BCUT2D eigenvalue weighted by atomic mass is 9.95. The fourth-order valence-electron chi connectivity index (χ4n) is 1.35. The third-order valence-corrected chi connectivity index (χ3v) is 2.16. The van der Waals surface area contributed by atoms with E-state index in [0.717, 1.165) is 0 Å². The van der Waals surface area contributed by atoms with E-state index in [2.05, 4.69) is 5.32 Å². The smallest absolute Gasteiger partial charge is 0.403 e. The second-order valence-electron chi connectivity index (χ2n) is 3.11. The maximum Gasteiger partial charge on any atom is 0.403 e. The van der Waals surface area contributed by atoms with Crippen LogP contribution in [0.2, 0.25) is 0 Å². The number of rotatable bonds is 1. The van der Waals surface area contributed by atoms with Crippen LogP contribution in [0.1, 0.15) is 12.8 Å². The highest BCUT2D eigenvalue weighted by Gasteiger charge is 2.42. The molecular formula is C7H11ClF3NO2. The van der Waals surface area contributed by atoms with Gasteiger partial charge in [0.1, 0.15) is 6.04 Å². The Morgan fingerprint density at radius 2 is 1.93 bits per heavy atom. The molecule has 0 aromatic heterocycles. The molecule has 1 fully saturated rings. The molecule has 0 spiro atoms. The van der Waals surface area contributed by atoms with Crippen molar-refractivity contribution in [2.45, 2.75) is 25.1 Å². The average Bonchev–Trinajstić information content (AvgIpc) is 2.03. The van der Waals surface area contributed by atoms with Crippen LogP contribution >= 0.6 is 12.4 Å². The molecular weight excluding hydrogens is 223 g/mol. The zero-order chi connectivity index (χ0) is 10.1. The van der Waals surface area contributed by atoms with Gasteiger partial charge in [0.25, 0.3) is 0 Å². The maximum atomic E-state index is 12.1. The molecule has 84 valence electrons. The summed E-state index contributed by atoms with van der Waals surface area (Å²) < 4.78 is 36.2. The SMILES string of the molecule is Cl.O=C(O)[C@@H]1CC[C@H](C(F)(F)F)NC1. The zero-order valence-electron chi connectivity index (χ0n) is 7.17. The second-order valence-corrected chi connectivity index (χ2v) is 3.11. The minimum Gasteiger partial charge on any atom is -0.481 e. The summed E-state index contributed by atoms with van der Waals surface area (Å²) in [6.45, 7) is -0.0977. The van der Waals surface area contributed by atoms with E-state index in [0.29, 0.717) is 0 Å².